The average Bonchev–Trinajstić information content (AvgIpc) is 3.18. The van der Waals surface area contributed by atoms with Gasteiger partial charge >= 0.3 is 0 Å². The van der Waals surface area contributed by atoms with E-state index in [1.54, 1.807) is 13.8 Å². The number of fused-ring (bicyclic) bond motifs is 1. The number of imidazole rings is 1. The van der Waals surface area contributed by atoms with Gasteiger partial charge in [-0.05, 0) is 20.3 Å². The van der Waals surface area contributed by atoms with E-state index in [9.17, 15) is 14.8 Å². The van der Waals surface area contributed by atoms with Crippen molar-refractivity contribution in [3.8, 4) is 0 Å². The Morgan fingerprint density at radius 2 is 2.07 bits per heavy atom. The number of aliphatic hydroxyl groups is 2. The molecule has 9 nitrogen and oxygen atoms in total. The fourth-order valence-electron chi connectivity index (χ4n) is 3.20. The molecule has 0 spiro atoms. The van der Waals surface area contributed by atoms with E-state index >= 15 is 0 Å². The quantitative estimate of drug-likeness (QED) is 0.506. The molecule has 2 aromatic rings. The van der Waals surface area contributed by atoms with Crippen molar-refractivity contribution in [1.29, 1.82) is 0 Å². The van der Waals surface area contributed by atoms with Gasteiger partial charge in [0.15, 0.2) is 25.1 Å². The molecule has 11 heteroatoms. The maximum atomic E-state index is 12.3. The Labute approximate surface area is 168 Å². The predicted octanol–water partition coefficient (Wildman–Crippen LogP) is 2.56. The lowest BCUT2D eigenvalue weighted by Crippen LogP contribution is -2.36. The predicted molar refractivity (Wildman–Crippen MR) is 105 cm³/mol. The van der Waals surface area contributed by atoms with Crippen molar-refractivity contribution < 1.29 is 24.0 Å². The highest BCUT2D eigenvalue weighted by molar-refractivity contribution is 7.40. The Morgan fingerprint density at radius 3 is 2.75 bits per heavy atom. The molecule has 3 heterocycles. The zero-order valence-electron chi connectivity index (χ0n) is 16.2. The molecule has 0 bridgehead atoms. The summed E-state index contributed by atoms with van der Waals surface area (Å²) in [5.74, 6) is 0. The van der Waals surface area contributed by atoms with Crippen LogP contribution < -0.4 is 0 Å². The van der Waals surface area contributed by atoms with Crippen LogP contribution in [0.25, 0.3) is 11.2 Å². The maximum Gasteiger partial charge on any atom is 0.194 e. The van der Waals surface area contributed by atoms with E-state index in [0.29, 0.717) is 11.2 Å². The van der Waals surface area contributed by atoms with Crippen LogP contribution in [0.1, 0.15) is 46.8 Å². The molecular weight excluding hydrogens is 407 g/mol. The lowest BCUT2D eigenvalue weighted by atomic mass is 9.97. The van der Waals surface area contributed by atoms with Crippen LogP contribution in [0, 0.1) is 0 Å². The van der Waals surface area contributed by atoms with E-state index in [1.165, 1.54) is 17.2 Å². The van der Waals surface area contributed by atoms with Crippen LogP contribution in [-0.4, -0.2) is 59.3 Å². The fourth-order valence-corrected chi connectivity index (χ4v) is 4.54. The number of nitrogens with zero attached hydrogens (tertiary/aromatic N) is 4. The molecule has 0 saturated carbocycles. The molecule has 28 heavy (non-hydrogen) atoms. The molecule has 3 rings (SSSR count). The van der Waals surface area contributed by atoms with Crippen LogP contribution in [0.2, 0.25) is 5.15 Å². The third kappa shape index (κ3) is 4.25. The van der Waals surface area contributed by atoms with Gasteiger partial charge in [-0.25, -0.2) is 15.0 Å². The Morgan fingerprint density at radius 1 is 1.36 bits per heavy atom. The summed E-state index contributed by atoms with van der Waals surface area (Å²) in [6.45, 7) is 7.44. The molecule has 0 amide bonds. The van der Waals surface area contributed by atoms with Gasteiger partial charge in [-0.15, -0.1) is 0 Å². The maximum absolute atomic E-state index is 12.3. The monoisotopic (exact) mass is 432 g/mol. The van der Waals surface area contributed by atoms with E-state index in [1.807, 2.05) is 13.8 Å². The Balaban J connectivity index is 1.77. The van der Waals surface area contributed by atoms with Gasteiger partial charge in [0.05, 0.1) is 18.0 Å². The lowest BCUT2D eigenvalue weighted by molar-refractivity contribution is -0.0578. The standard InChI is InChI=1S/C17H26ClN4O5P/c1-5-9(2)28(25)27-17(3,4)6-10-12(23)13(24)16(26-10)22-8-21-11-14(18)19-7-20-15(11)22/h7-10,12-13,16,23-24,28H,5-6H2,1-4H3/t9?,10-,12?,13-,16?/m1/s1. The zero-order chi connectivity index (χ0) is 20.6. The molecule has 0 radical (unpaired) electrons. The molecule has 1 fully saturated rings. The van der Waals surface area contributed by atoms with Gasteiger partial charge in [-0.2, -0.15) is 0 Å². The third-order valence-corrected chi connectivity index (χ3v) is 7.25. The number of halogens is 1. The molecule has 2 N–H and O–H groups in total. The highest BCUT2D eigenvalue weighted by Gasteiger charge is 2.46. The molecule has 156 valence electrons. The summed E-state index contributed by atoms with van der Waals surface area (Å²) in [5, 5.41) is 21.2. The number of ether oxygens (including phenoxy) is 1. The summed E-state index contributed by atoms with van der Waals surface area (Å²) in [5.41, 5.74) is -0.0379. The van der Waals surface area contributed by atoms with Gasteiger partial charge in [-0.3, -0.25) is 9.13 Å². The largest absolute Gasteiger partial charge is 0.388 e. The van der Waals surface area contributed by atoms with Crippen LogP contribution >= 0.6 is 19.6 Å². The first-order chi connectivity index (χ1) is 13.1. The SMILES string of the molecule is CCC(C)[PH](=O)OC(C)(C)C[C@H]1OC(n2cnc3c(Cl)ncnc32)[C@H](O)C1O. The van der Waals surface area contributed by atoms with Gasteiger partial charge in [0.2, 0.25) is 0 Å². The van der Waals surface area contributed by atoms with Crippen molar-refractivity contribution in [3.05, 3.63) is 17.8 Å². The third-order valence-electron chi connectivity index (χ3n) is 5.01. The van der Waals surface area contributed by atoms with E-state index in [2.05, 4.69) is 15.0 Å². The second-order valence-corrected chi connectivity index (χ2v) is 9.91. The Kier molecular flexibility index (Phi) is 6.44. The summed E-state index contributed by atoms with van der Waals surface area (Å²) in [4.78, 5) is 12.2. The minimum absolute atomic E-state index is 0.0289. The first-order valence-corrected chi connectivity index (χ1v) is 11.0. The summed E-state index contributed by atoms with van der Waals surface area (Å²) >= 11 is 6.02. The molecule has 1 aliphatic heterocycles. The van der Waals surface area contributed by atoms with Crippen molar-refractivity contribution in [1.82, 2.24) is 19.5 Å². The smallest absolute Gasteiger partial charge is 0.194 e. The number of hydrogen-bond acceptors (Lipinski definition) is 8. The molecule has 0 aliphatic carbocycles. The first-order valence-electron chi connectivity index (χ1n) is 9.22. The molecular formula is C17H26ClN4O5P. The Hall–Kier alpha value is -1.09. The number of hydrogen-bond donors (Lipinski definition) is 2. The highest BCUT2D eigenvalue weighted by atomic mass is 35.5. The number of aliphatic hydroxyl groups excluding tert-OH is 2. The van der Waals surface area contributed by atoms with Gasteiger partial charge < -0.3 is 19.5 Å². The molecule has 6 atom stereocenters. The summed E-state index contributed by atoms with van der Waals surface area (Å²) in [7, 11) is -2.23. The molecule has 0 aromatic carbocycles. The highest BCUT2D eigenvalue weighted by Crippen LogP contribution is 2.41. The van der Waals surface area contributed by atoms with E-state index in [0.717, 1.165) is 6.42 Å². The van der Waals surface area contributed by atoms with Gasteiger partial charge in [0, 0.05) is 12.1 Å². The summed E-state index contributed by atoms with van der Waals surface area (Å²) in [6.07, 6.45) is -0.187. The molecule has 1 saturated heterocycles. The number of rotatable bonds is 7. The normalized spacial score (nSPS) is 28.0. The molecule has 4 unspecified atom stereocenters. The van der Waals surface area contributed by atoms with Crippen molar-refractivity contribution in [2.75, 3.05) is 0 Å². The van der Waals surface area contributed by atoms with Crippen molar-refractivity contribution in [3.63, 3.8) is 0 Å². The molecule has 2 aromatic heterocycles. The minimum Gasteiger partial charge on any atom is -0.388 e. The summed E-state index contributed by atoms with van der Waals surface area (Å²) in [6, 6.07) is 0. The second-order valence-electron chi connectivity index (χ2n) is 7.73. The van der Waals surface area contributed by atoms with Crippen LogP contribution in [-0.2, 0) is 13.8 Å². The van der Waals surface area contributed by atoms with E-state index in [-0.39, 0.29) is 17.2 Å². The Bertz CT molecular complexity index is 863. The van der Waals surface area contributed by atoms with Crippen LogP contribution in [0.5, 0.6) is 0 Å². The minimum atomic E-state index is -2.23. The van der Waals surface area contributed by atoms with Crippen LogP contribution in [0.15, 0.2) is 12.7 Å². The van der Waals surface area contributed by atoms with Gasteiger partial charge in [-0.1, -0.05) is 25.4 Å². The van der Waals surface area contributed by atoms with Crippen molar-refractivity contribution in [2.45, 2.75) is 76.3 Å². The van der Waals surface area contributed by atoms with Crippen molar-refractivity contribution in [2.24, 2.45) is 0 Å². The first kappa shape index (κ1) is 21.6. The molecule has 1 aliphatic rings. The lowest BCUT2D eigenvalue weighted by Gasteiger charge is -2.30. The fraction of sp³-hybridized carbons (Fsp3) is 0.706. The number of aromatic nitrogens is 4. The van der Waals surface area contributed by atoms with Crippen LogP contribution in [0.3, 0.4) is 0 Å². The average molecular weight is 433 g/mol. The van der Waals surface area contributed by atoms with Gasteiger partial charge in [0.1, 0.15) is 24.1 Å². The topological polar surface area (TPSA) is 120 Å². The van der Waals surface area contributed by atoms with E-state index in [4.69, 9.17) is 20.9 Å². The van der Waals surface area contributed by atoms with Gasteiger partial charge in [0.25, 0.3) is 0 Å². The van der Waals surface area contributed by atoms with E-state index < -0.39 is 38.2 Å². The second kappa shape index (κ2) is 8.34. The van der Waals surface area contributed by atoms with Crippen LogP contribution in [0.4, 0.5) is 0 Å². The van der Waals surface area contributed by atoms with Crippen molar-refractivity contribution >= 4 is 30.8 Å². The summed E-state index contributed by atoms with van der Waals surface area (Å²) < 4.78 is 25.5. The zero-order valence-corrected chi connectivity index (χ0v) is 18.0.